The Kier molecular flexibility index (Phi) is 10.2. The first-order chi connectivity index (χ1) is 8.19. The lowest BCUT2D eigenvalue weighted by Gasteiger charge is -2.22. The molecule has 0 rings (SSSR count). The molecule has 0 radical (unpaired) electrons. The van der Waals surface area contributed by atoms with E-state index in [4.69, 9.17) is 5.73 Å². The molecule has 17 heavy (non-hydrogen) atoms. The van der Waals surface area contributed by atoms with E-state index >= 15 is 0 Å². The molecular formula is C14H30N2O. The number of nitrogens with zero attached hydrogens (tertiary/aromatic N) is 1. The largest absolute Gasteiger partial charge is 0.343 e. The number of carbonyl (C=O) groups excluding carboxylic acids is 1. The minimum absolute atomic E-state index is 0.323. The zero-order valence-electron chi connectivity index (χ0n) is 11.9. The third kappa shape index (κ3) is 7.37. The predicted octanol–water partition coefficient (Wildman–Crippen LogP) is 2.79. The van der Waals surface area contributed by atoms with Crippen LogP contribution in [0.2, 0.25) is 0 Å². The van der Waals surface area contributed by atoms with E-state index in [0.29, 0.717) is 18.2 Å². The van der Waals surface area contributed by atoms with Crippen molar-refractivity contribution in [2.24, 2.45) is 11.7 Å². The fourth-order valence-electron chi connectivity index (χ4n) is 2.18. The predicted molar refractivity (Wildman–Crippen MR) is 73.8 cm³/mol. The van der Waals surface area contributed by atoms with Gasteiger partial charge >= 0.3 is 0 Å². The molecule has 3 nitrogen and oxygen atoms in total. The van der Waals surface area contributed by atoms with Crippen molar-refractivity contribution in [2.45, 2.75) is 59.3 Å². The van der Waals surface area contributed by atoms with Crippen LogP contribution < -0.4 is 5.73 Å². The summed E-state index contributed by atoms with van der Waals surface area (Å²) in [4.78, 5) is 14.1. The first kappa shape index (κ1) is 16.4. The van der Waals surface area contributed by atoms with E-state index < -0.39 is 0 Å². The second kappa shape index (κ2) is 10.6. The van der Waals surface area contributed by atoms with Gasteiger partial charge in [-0.25, -0.2) is 0 Å². The Balaban J connectivity index is 4.02. The highest BCUT2D eigenvalue weighted by molar-refractivity contribution is 5.76. The third-order valence-corrected chi connectivity index (χ3v) is 3.26. The molecule has 0 aliphatic rings. The zero-order chi connectivity index (χ0) is 13.1. The Morgan fingerprint density at radius 3 is 2.12 bits per heavy atom. The smallest absolute Gasteiger partial charge is 0.222 e. The summed E-state index contributed by atoms with van der Waals surface area (Å²) in [5.41, 5.74) is 5.57. The van der Waals surface area contributed by atoms with E-state index in [0.717, 1.165) is 51.7 Å². The van der Waals surface area contributed by atoms with Gasteiger partial charge in [-0.15, -0.1) is 0 Å². The van der Waals surface area contributed by atoms with E-state index in [1.165, 1.54) is 0 Å². The summed E-state index contributed by atoms with van der Waals surface area (Å²) in [6, 6.07) is 0. The normalized spacial score (nSPS) is 12.5. The SMILES string of the molecule is CCCN(CCC)C(=O)CCC(CC)CCN. The van der Waals surface area contributed by atoms with Crippen molar-refractivity contribution in [1.82, 2.24) is 4.90 Å². The van der Waals surface area contributed by atoms with Gasteiger partial charge in [-0.2, -0.15) is 0 Å². The molecule has 0 aliphatic carbocycles. The van der Waals surface area contributed by atoms with Crippen molar-refractivity contribution in [3.05, 3.63) is 0 Å². The number of nitrogens with two attached hydrogens (primary N) is 1. The molecule has 0 aromatic rings. The molecule has 0 aromatic carbocycles. The Morgan fingerprint density at radius 2 is 1.71 bits per heavy atom. The van der Waals surface area contributed by atoms with Crippen molar-refractivity contribution in [2.75, 3.05) is 19.6 Å². The average Bonchev–Trinajstić information content (AvgIpc) is 2.33. The summed E-state index contributed by atoms with van der Waals surface area (Å²) in [7, 11) is 0. The fraction of sp³-hybridized carbons (Fsp3) is 0.929. The zero-order valence-corrected chi connectivity index (χ0v) is 11.9. The van der Waals surface area contributed by atoms with Crippen LogP contribution in [0.15, 0.2) is 0 Å². The lowest BCUT2D eigenvalue weighted by atomic mass is 9.96. The fourth-order valence-corrected chi connectivity index (χ4v) is 2.18. The number of carbonyl (C=O) groups is 1. The highest BCUT2D eigenvalue weighted by atomic mass is 16.2. The van der Waals surface area contributed by atoms with Gasteiger partial charge in [0.25, 0.3) is 0 Å². The van der Waals surface area contributed by atoms with Crippen molar-refractivity contribution >= 4 is 5.91 Å². The maximum absolute atomic E-state index is 12.0. The lowest BCUT2D eigenvalue weighted by molar-refractivity contribution is -0.131. The van der Waals surface area contributed by atoms with Gasteiger partial charge in [0.05, 0.1) is 0 Å². The Hall–Kier alpha value is -0.570. The second-order valence-corrected chi connectivity index (χ2v) is 4.77. The molecule has 0 fully saturated rings. The van der Waals surface area contributed by atoms with Gasteiger partial charge in [-0.05, 0) is 38.1 Å². The van der Waals surface area contributed by atoms with Crippen LogP contribution in [-0.4, -0.2) is 30.4 Å². The van der Waals surface area contributed by atoms with Crippen LogP contribution in [0.25, 0.3) is 0 Å². The lowest BCUT2D eigenvalue weighted by Crippen LogP contribution is -2.32. The number of hydrogen-bond acceptors (Lipinski definition) is 2. The van der Waals surface area contributed by atoms with E-state index in [1.54, 1.807) is 0 Å². The van der Waals surface area contributed by atoms with Crippen LogP contribution in [0.3, 0.4) is 0 Å². The van der Waals surface area contributed by atoms with Crippen molar-refractivity contribution in [3.8, 4) is 0 Å². The Bertz CT molecular complexity index is 189. The highest BCUT2D eigenvalue weighted by Gasteiger charge is 2.14. The van der Waals surface area contributed by atoms with Crippen LogP contribution in [0.1, 0.15) is 59.3 Å². The molecule has 102 valence electrons. The third-order valence-electron chi connectivity index (χ3n) is 3.26. The highest BCUT2D eigenvalue weighted by Crippen LogP contribution is 2.15. The monoisotopic (exact) mass is 242 g/mol. The summed E-state index contributed by atoms with van der Waals surface area (Å²) >= 11 is 0. The van der Waals surface area contributed by atoms with Crippen molar-refractivity contribution < 1.29 is 4.79 Å². The molecule has 0 heterocycles. The molecule has 1 amide bonds. The molecule has 0 bridgehead atoms. The molecule has 0 saturated heterocycles. The molecule has 0 saturated carbocycles. The van der Waals surface area contributed by atoms with Gasteiger partial charge in [-0.1, -0.05) is 27.2 Å². The standard InChI is InChI=1S/C14H30N2O/c1-4-11-16(12-5-2)14(17)8-7-13(6-3)9-10-15/h13H,4-12,15H2,1-3H3. The van der Waals surface area contributed by atoms with Gasteiger partial charge in [0.1, 0.15) is 0 Å². The van der Waals surface area contributed by atoms with Crippen LogP contribution >= 0.6 is 0 Å². The van der Waals surface area contributed by atoms with E-state index in [1.807, 2.05) is 4.90 Å². The molecule has 3 heteroatoms. The van der Waals surface area contributed by atoms with Crippen molar-refractivity contribution in [1.29, 1.82) is 0 Å². The minimum atomic E-state index is 0.323. The number of rotatable bonds is 10. The molecule has 1 unspecified atom stereocenters. The first-order valence-electron chi connectivity index (χ1n) is 7.17. The molecule has 0 spiro atoms. The molecule has 1 atom stereocenters. The average molecular weight is 242 g/mol. The topological polar surface area (TPSA) is 46.3 Å². The van der Waals surface area contributed by atoms with E-state index in [2.05, 4.69) is 20.8 Å². The van der Waals surface area contributed by atoms with Gasteiger partial charge in [-0.3, -0.25) is 4.79 Å². The molecule has 0 aromatic heterocycles. The summed E-state index contributed by atoms with van der Waals surface area (Å²) in [6.45, 7) is 8.97. The maximum atomic E-state index is 12.0. The quantitative estimate of drug-likeness (QED) is 0.640. The second-order valence-electron chi connectivity index (χ2n) is 4.77. The van der Waals surface area contributed by atoms with Crippen LogP contribution in [0.5, 0.6) is 0 Å². The van der Waals surface area contributed by atoms with Gasteiger partial charge in [0.2, 0.25) is 5.91 Å². The molecule has 2 N–H and O–H groups in total. The Morgan fingerprint density at radius 1 is 1.12 bits per heavy atom. The first-order valence-corrected chi connectivity index (χ1v) is 7.17. The molecule has 0 aliphatic heterocycles. The number of amides is 1. The van der Waals surface area contributed by atoms with Gasteiger partial charge < -0.3 is 10.6 Å². The Labute approximate surface area is 107 Å². The summed E-state index contributed by atoms with van der Waals surface area (Å²) in [6.07, 6.45) is 5.96. The summed E-state index contributed by atoms with van der Waals surface area (Å²) < 4.78 is 0. The summed E-state index contributed by atoms with van der Waals surface area (Å²) in [5.74, 6) is 0.943. The maximum Gasteiger partial charge on any atom is 0.222 e. The minimum Gasteiger partial charge on any atom is -0.343 e. The van der Waals surface area contributed by atoms with Crippen molar-refractivity contribution in [3.63, 3.8) is 0 Å². The van der Waals surface area contributed by atoms with Crippen LogP contribution in [0.4, 0.5) is 0 Å². The van der Waals surface area contributed by atoms with Crippen LogP contribution in [-0.2, 0) is 4.79 Å². The van der Waals surface area contributed by atoms with E-state index in [9.17, 15) is 4.79 Å². The van der Waals surface area contributed by atoms with Crippen LogP contribution in [0, 0.1) is 5.92 Å². The number of hydrogen-bond donors (Lipinski definition) is 1. The van der Waals surface area contributed by atoms with Gasteiger partial charge in [0, 0.05) is 19.5 Å². The summed E-state index contributed by atoms with van der Waals surface area (Å²) in [5, 5.41) is 0. The molecular weight excluding hydrogens is 212 g/mol. The van der Waals surface area contributed by atoms with E-state index in [-0.39, 0.29) is 0 Å². The van der Waals surface area contributed by atoms with Gasteiger partial charge in [0.15, 0.2) is 0 Å².